The predicted octanol–water partition coefficient (Wildman–Crippen LogP) is 0.900. The van der Waals surface area contributed by atoms with Crippen LogP contribution in [0.4, 0.5) is 11.4 Å². The third-order valence-corrected chi connectivity index (χ3v) is 3.43. The Morgan fingerprint density at radius 3 is 2.85 bits per heavy atom. The molecule has 6 heteroatoms. The third-order valence-electron chi connectivity index (χ3n) is 3.43. The number of nitrogens with zero attached hydrogens (tertiary/aromatic N) is 1. The summed E-state index contributed by atoms with van der Waals surface area (Å²) in [5.74, 6) is -0.771. The highest BCUT2D eigenvalue weighted by atomic mass is 16.5. The summed E-state index contributed by atoms with van der Waals surface area (Å²) >= 11 is 0. The van der Waals surface area contributed by atoms with Gasteiger partial charge in [-0.05, 0) is 38.0 Å². The van der Waals surface area contributed by atoms with Crippen LogP contribution < -0.4 is 16.4 Å². The van der Waals surface area contributed by atoms with Crippen LogP contribution >= 0.6 is 0 Å². The number of nitrogens with two attached hydrogens (primary N) is 2. The number of carbonyl (C=O) groups excluding carboxylic acids is 2. The lowest BCUT2D eigenvalue weighted by molar-refractivity contribution is -0.119. The number of carbonyl (C=O) groups is 2. The van der Waals surface area contributed by atoms with Gasteiger partial charge in [0.15, 0.2) is 0 Å². The lowest BCUT2D eigenvalue weighted by Gasteiger charge is -2.26. The number of primary amides is 1. The summed E-state index contributed by atoms with van der Waals surface area (Å²) in [6.45, 7) is 2.76. The van der Waals surface area contributed by atoms with Crippen LogP contribution in [0.1, 0.15) is 30.1 Å². The van der Waals surface area contributed by atoms with Gasteiger partial charge in [0, 0.05) is 6.54 Å². The molecule has 1 aliphatic rings. The standard InChI is InChI=1S/C14H19N3O3/c1-2-20-14(19)9-5-6-10(15)12(8-9)17-7-3-4-11(17)13(16)18/h5-6,8,11H,2-4,7,15H2,1H3,(H2,16,18). The quantitative estimate of drug-likeness (QED) is 0.629. The maximum atomic E-state index is 11.8. The number of rotatable bonds is 4. The minimum atomic E-state index is -0.399. The van der Waals surface area contributed by atoms with Gasteiger partial charge >= 0.3 is 5.97 Å². The van der Waals surface area contributed by atoms with Gasteiger partial charge < -0.3 is 21.1 Å². The first-order valence-electron chi connectivity index (χ1n) is 6.67. The molecular formula is C14H19N3O3. The molecule has 0 saturated carbocycles. The number of anilines is 2. The molecule has 2 rings (SSSR count). The van der Waals surface area contributed by atoms with Crippen LogP contribution in [0.2, 0.25) is 0 Å². The van der Waals surface area contributed by atoms with Crippen molar-refractivity contribution in [2.45, 2.75) is 25.8 Å². The summed E-state index contributed by atoms with van der Waals surface area (Å²) in [4.78, 5) is 25.1. The smallest absolute Gasteiger partial charge is 0.338 e. The van der Waals surface area contributed by atoms with Gasteiger partial charge in [0.2, 0.25) is 5.91 Å². The predicted molar refractivity (Wildman–Crippen MR) is 76.4 cm³/mol. The van der Waals surface area contributed by atoms with Crippen molar-refractivity contribution in [2.75, 3.05) is 23.8 Å². The molecule has 0 aliphatic carbocycles. The summed E-state index contributed by atoms with van der Waals surface area (Å²) in [5, 5.41) is 0. The molecule has 0 aromatic heterocycles. The number of hydrogen-bond acceptors (Lipinski definition) is 5. The summed E-state index contributed by atoms with van der Waals surface area (Å²) in [7, 11) is 0. The molecule has 20 heavy (non-hydrogen) atoms. The lowest BCUT2D eigenvalue weighted by atomic mass is 10.1. The SMILES string of the molecule is CCOC(=O)c1ccc(N)c(N2CCCC2C(N)=O)c1. The summed E-state index contributed by atoms with van der Waals surface area (Å²) in [6.07, 6.45) is 1.58. The van der Waals surface area contributed by atoms with Crippen molar-refractivity contribution in [3.63, 3.8) is 0 Å². The molecule has 108 valence electrons. The van der Waals surface area contributed by atoms with E-state index in [1.165, 1.54) is 0 Å². The van der Waals surface area contributed by atoms with Crippen LogP contribution in [0.15, 0.2) is 18.2 Å². The van der Waals surface area contributed by atoms with Crippen LogP contribution in [0.3, 0.4) is 0 Å². The van der Waals surface area contributed by atoms with Gasteiger partial charge in [-0.25, -0.2) is 4.79 Å². The number of amides is 1. The van der Waals surface area contributed by atoms with Crippen molar-refractivity contribution in [1.29, 1.82) is 0 Å². The van der Waals surface area contributed by atoms with Crippen LogP contribution in [0.5, 0.6) is 0 Å². The Hall–Kier alpha value is -2.24. The van der Waals surface area contributed by atoms with Gasteiger partial charge in [0.25, 0.3) is 0 Å². The average Bonchev–Trinajstić information content (AvgIpc) is 2.88. The van der Waals surface area contributed by atoms with E-state index < -0.39 is 5.97 Å². The Labute approximate surface area is 117 Å². The second kappa shape index (κ2) is 5.81. The number of benzene rings is 1. The van der Waals surface area contributed by atoms with Crippen molar-refractivity contribution in [3.05, 3.63) is 23.8 Å². The molecule has 1 saturated heterocycles. The van der Waals surface area contributed by atoms with Crippen molar-refractivity contribution in [1.82, 2.24) is 0 Å². The van der Waals surface area contributed by atoms with Gasteiger partial charge in [-0.15, -0.1) is 0 Å². The van der Waals surface area contributed by atoms with Crippen LogP contribution in [-0.4, -0.2) is 31.1 Å². The highest BCUT2D eigenvalue weighted by Crippen LogP contribution is 2.31. The Kier molecular flexibility index (Phi) is 4.12. The van der Waals surface area contributed by atoms with Crippen molar-refractivity contribution >= 4 is 23.3 Å². The number of esters is 1. The van der Waals surface area contributed by atoms with Gasteiger partial charge in [0.1, 0.15) is 6.04 Å². The highest BCUT2D eigenvalue weighted by Gasteiger charge is 2.30. The van der Waals surface area contributed by atoms with E-state index in [1.807, 2.05) is 4.90 Å². The fourth-order valence-electron chi connectivity index (χ4n) is 2.48. The molecule has 1 aromatic rings. The van der Waals surface area contributed by atoms with E-state index in [1.54, 1.807) is 25.1 Å². The zero-order valence-electron chi connectivity index (χ0n) is 11.5. The molecule has 4 N–H and O–H groups in total. The van der Waals surface area contributed by atoms with Gasteiger partial charge in [-0.3, -0.25) is 4.79 Å². The molecule has 1 atom stereocenters. The van der Waals surface area contributed by atoms with E-state index in [2.05, 4.69) is 0 Å². The Morgan fingerprint density at radius 1 is 1.45 bits per heavy atom. The molecule has 1 unspecified atom stereocenters. The molecule has 6 nitrogen and oxygen atoms in total. The molecule has 1 fully saturated rings. The number of hydrogen-bond donors (Lipinski definition) is 2. The van der Waals surface area contributed by atoms with Crippen molar-refractivity contribution < 1.29 is 14.3 Å². The van der Waals surface area contributed by atoms with Crippen molar-refractivity contribution in [3.8, 4) is 0 Å². The molecule has 1 heterocycles. The first-order valence-corrected chi connectivity index (χ1v) is 6.67. The van der Waals surface area contributed by atoms with Gasteiger partial charge in [0.05, 0.1) is 23.5 Å². The maximum absolute atomic E-state index is 11.8. The van der Waals surface area contributed by atoms with E-state index in [4.69, 9.17) is 16.2 Å². The Bertz CT molecular complexity index is 530. The van der Waals surface area contributed by atoms with E-state index in [9.17, 15) is 9.59 Å². The van der Waals surface area contributed by atoms with E-state index in [0.717, 1.165) is 6.42 Å². The maximum Gasteiger partial charge on any atom is 0.338 e. The van der Waals surface area contributed by atoms with E-state index in [-0.39, 0.29) is 11.9 Å². The molecule has 1 aliphatic heterocycles. The van der Waals surface area contributed by atoms with E-state index >= 15 is 0 Å². The second-order valence-corrected chi connectivity index (χ2v) is 4.75. The minimum absolute atomic E-state index is 0.312. The Balaban J connectivity index is 2.33. The van der Waals surface area contributed by atoms with Crippen LogP contribution in [-0.2, 0) is 9.53 Å². The van der Waals surface area contributed by atoms with Crippen molar-refractivity contribution in [2.24, 2.45) is 5.73 Å². The van der Waals surface area contributed by atoms with Crippen LogP contribution in [0, 0.1) is 0 Å². The van der Waals surface area contributed by atoms with Gasteiger partial charge in [-0.2, -0.15) is 0 Å². The number of ether oxygens (including phenoxy) is 1. The zero-order valence-corrected chi connectivity index (χ0v) is 11.5. The fraction of sp³-hybridized carbons (Fsp3) is 0.429. The highest BCUT2D eigenvalue weighted by molar-refractivity contribution is 5.93. The first kappa shape index (κ1) is 14.2. The minimum Gasteiger partial charge on any atom is -0.462 e. The average molecular weight is 277 g/mol. The third kappa shape index (κ3) is 2.68. The largest absolute Gasteiger partial charge is 0.462 e. The zero-order chi connectivity index (χ0) is 14.7. The normalized spacial score (nSPS) is 18.1. The van der Waals surface area contributed by atoms with Gasteiger partial charge in [-0.1, -0.05) is 0 Å². The lowest BCUT2D eigenvalue weighted by Crippen LogP contribution is -2.40. The molecule has 0 radical (unpaired) electrons. The molecule has 1 amide bonds. The molecule has 0 spiro atoms. The van der Waals surface area contributed by atoms with E-state index in [0.29, 0.717) is 36.5 Å². The summed E-state index contributed by atoms with van der Waals surface area (Å²) < 4.78 is 4.97. The number of nitrogen functional groups attached to an aromatic ring is 1. The van der Waals surface area contributed by atoms with Crippen LogP contribution in [0.25, 0.3) is 0 Å². The Morgan fingerprint density at radius 2 is 2.20 bits per heavy atom. The molecular weight excluding hydrogens is 258 g/mol. The second-order valence-electron chi connectivity index (χ2n) is 4.75. The summed E-state index contributed by atoms with van der Waals surface area (Å²) in [6, 6.07) is 4.56. The first-order chi connectivity index (χ1) is 9.54. The topological polar surface area (TPSA) is 98.7 Å². The monoisotopic (exact) mass is 277 g/mol. The summed E-state index contributed by atoms with van der Waals surface area (Å²) in [5.41, 5.74) is 13.0. The molecule has 0 bridgehead atoms. The molecule has 1 aromatic carbocycles. The fourth-order valence-corrected chi connectivity index (χ4v) is 2.48.